The van der Waals surface area contributed by atoms with Gasteiger partial charge in [0, 0.05) is 43.3 Å². The number of nitrogens with zero attached hydrogens (tertiary/aromatic N) is 2. The molecule has 1 saturated heterocycles. The zero-order chi connectivity index (χ0) is 16.8. The van der Waals surface area contributed by atoms with Crippen molar-refractivity contribution in [3.63, 3.8) is 0 Å². The van der Waals surface area contributed by atoms with E-state index in [4.69, 9.17) is 0 Å². The predicted octanol–water partition coefficient (Wildman–Crippen LogP) is 3.07. The van der Waals surface area contributed by atoms with E-state index in [9.17, 15) is 4.79 Å². The molecule has 128 valence electrons. The quantitative estimate of drug-likeness (QED) is 0.875. The van der Waals surface area contributed by atoms with Crippen LogP contribution in [0.15, 0.2) is 41.8 Å². The fourth-order valence-electron chi connectivity index (χ4n) is 2.96. The third-order valence-corrected chi connectivity index (χ3v) is 5.30. The van der Waals surface area contributed by atoms with Crippen molar-refractivity contribution in [3.05, 3.63) is 52.2 Å². The minimum atomic E-state index is 0.0750. The molecule has 1 aliphatic heterocycles. The van der Waals surface area contributed by atoms with Gasteiger partial charge < -0.3 is 5.32 Å². The Morgan fingerprint density at radius 1 is 1.08 bits per heavy atom. The van der Waals surface area contributed by atoms with Crippen molar-refractivity contribution >= 4 is 22.9 Å². The SMILES string of the molecule is CCc1ccc(NC(=O)CN2CCN(Cc3cccs3)CC2)cc1. The Bertz CT molecular complexity index is 631. The van der Waals surface area contributed by atoms with Gasteiger partial charge in [-0.25, -0.2) is 0 Å². The maximum atomic E-state index is 12.2. The lowest BCUT2D eigenvalue weighted by Crippen LogP contribution is -2.48. The molecule has 1 N–H and O–H groups in total. The van der Waals surface area contributed by atoms with Crippen molar-refractivity contribution in [1.29, 1.82) is 0 Å². The lowest BCUT2D eigenvalue weighted by molar-refractivity contribution is -0.117. The van der Waals surface area contributed by atoms with Crippen LogP contribution in [0.25, 0.3) is 0 Å². The Hall–Kier alpha value is -1.69. The summed E-state index contributed by atoms with van der Waals surface area (Å²) in [5.41, 5.74) is 2.17. The van der Waals surface area contributed by atoms with Crippen LogP contribution >= 0.6 is 11.3 Å². The largest absolute Gasteiger partial charge is 0.325 e. The summed E-state index contributed by atoms with van der Waals surface area (Å²) < 4.78 is 0. The molecular formula is C19H25N3OS. The Kier molecular flexibility index (Phi) is 6.01. The molecule has 0 unspecified atom stereocenters. The molecule has 0 atom stereocenters. The lowest BCUT2D eigenvalue weighted by Gasteiger charge is -2.34. The summed E-state index contributed by atoms with van der Waals surface area (Å²) >= 11 is 1.81. The van der Waals surface area contributed by atoms with E-state index in [0.29, 0.717) is 6.54 Å². The summed E-state index contributed by atoms with van der Waals surface area (Å²) in [6, 6.07) is 12.4. The summed E-state index contributed by atoms with van der Waals surface area (Å²) in [4.78, 5) is 18.3. The number of piperazine rings is 1. The second-order valence-corrected chi connectivity index (χ2v) is 7.26. The summed E-state index contributed by atoms with van der Waals surface area (Å²) in [7, 11) is 0. The number of carbonyl (C=O) groups is 1. The molecule has 1 fully saturated rings. The topological polar surface area (TPSA) is 35.6 Å². The van der Waals surface area contributed by atoms with E-state index in [1.807, 2.05) is 23.5 Å². The number of carbonyl (C=O) groups excluding carboxylic acids is 1. The Balaban J connectivity index is 1.41. The number of anilines is 1. The molecule has 0 radical (unpaired) electrons. The van der Waals surface area contributed by atoms with Gasteiger partial charge in [-0.15, -0.1) is 11.3 Å². The van der Waals surface area contributed by atoms with Crippen LogP contribution in [-0.4, -0.2) is 48.4 Å². The number of nitrogens with one attached hydrogen (secondary N) is 1. The number of benzene rings is 1. The van der Waals surface area contributed by atoms with Gasteiger partial charge in [0.05, 0.1) is 6.54 Å². The number of aryl methyl sites for hydroxylation is 1. The van der Waals surface area contributed by atoms with Crippen molar-refractivity contribution < 1.29 is 4.79 Å². The monoisotopic (exact) mass is 343 g/mol. The summed E-state index contributed by atoms with van der Waals surface area (Å²) in [5.74, 6) is 0.0750. The first-order chi connectivity index (χ1) is 11.7. The highest BCUT2D eigenvalue weighted by Gasteiger charge is 2.19. The number of hydrogen-bond acceptors (Lipinski definition) is 4. The molecule has 2 heterocycles. The van der Waals surface area contributed by atoms with Gasteiger partial charge in [0.15, 0.2) is 0 Å². The zero-order valence-corrected chi connectivity index (χ0v) is 15.0. The molecule has 1 aromatic carbocycles. The normalized spacial score (nSPS) is 16.2. The van der Waals surface area contributed by atoms with Gasteiger partial charge in [-0.2, -0.15) is 0 Å². The highest BCUT2D eigenvalue weighted by molar-refractivity contribution is 7.09. The van der Waals surface area contributed by atoms with Crippen LogP contribution in [0.4, 0.5) is 5.69 Å². The van der Waals surface area contributed by atoms with Crippen LogP contribution in [0.3, 0.4) is 0 Å². The fraction of sp³-hybridized carbons (Fsp3) is 0.421. The van der Waals surface area contributed by atoms with E-state index in [1.165, 1.54) is 10.4 Å². The maximum Gasteiger partial charge on any atom is 0.238 e. The number of rotatable bonds is 6. The molecule has 5 heteroatoms. The van der Waals surface area contributed by atoms with Crippen LogP contribution < -0.4 is 5.32 Å². The first-order valence-electron chi connectivity index (χ1n) is 8.59. The molecule has 0 bridgehead atoms. The highest BCUT2D eigenvalue weighted by atomic mass is 32.1. The van der Waals surface area contributed by atoms with E-state index in [2.05, 4.69) is 51.7 Å². The molecular weight excluding hydrogens is 318 g/mol. The Morgan fingerprint density at radius 2 is 1.79 bits per heavy atom. The molecule has 1 aliphatic rings. The molecule has 0 aliphatic carbocycles. The zero-order valence-electron chi connectivity index (χ0n) is 14.2. The molecule has 0 spiro atoms. The van der Waals surface area contributed by atoms with Crippen molar-refractivity contribution in [3.8, 4) is 0 Å². The summed E-state index contributed by atoms with van der Waals surface area (Å²) in [5, 5.41) is 5.12. The minimum Gasteiger partial charge on any atom is -0.325 e. The van der Waals surface area contributed by atoms with Crippen LogP contribution in [0, 0.1) is 0 Å². The summed E-state index contributed by atoms with van der Waals surface area (Å²) in [6.45, 7) is 7.59. The highest BCUT2D eigenvalue weighted by Crippen LogP contribution is 2.14. The Labute approximate surface area is 148 Å². The van der Waals surface area contributed by atoms with Crippen molar-refractivity contribution in [1.82, 2.24) is 9.80 Å². The molecule has 24 heavy (non-hydrogen) atoms. The average Bonchev–Trinajstić information content (AvgIpc) is 3.10. The minimum absolute atomic E-state index is 0.0750. The second kappa shape index (κ2) is 8.42. The predicted molar refractivity (Wildman–Crippen MR) is 100 cm³/mol. The first kappa shape index (κ1) is 17.1. The second-order valence-electron chi connectivity index (χ2n) is 6.23. The number of amides is 1. The third-order valence-electron chi connectivity index (χ3n) is 4.44. The molecule has 1 amide bonds. The first-order valence-corrected chi connectivity index (χ1v) is 9.47. The standard InChI is InChI=1S/C19H25N3OS/c1-2-16-5-7-17(8-6-16)20-19(23)15-22-11-9-21(10-12-22)14-18-4-3-13-24-18/h3-8,13H,2,9-12,14-15H2,1H3,(H,20,23). The van der Waals surface area contributed by atoms with Crippen molar-refractivity contribution in [2.75, 3.05) is 38.0 Å². The van der Waals surface area contributed by atoms with E-state index in [1.54, 1.807) is 0 Å². The van der Waals surface area contributed by atoms with E-state index in [-0.39, 0.29) is 5.91 Å². The molecule has 0 saturated carbocycles. The average molecular weight is 343 g/mol. The number of hydrogen-bond donors (Lipinski definition) is 1. The van der Waals surface area contributed by atoms with Crippen molar-refractivity contribution in [2.45, 2.75) is 19.9 Å². The van der Waals surface area contributed by atoms with Crippen LogP contribution in [0.2, 0.25) is 0 Å². The molecule has 4 nitrogen and oxygen atoms in total. The van der Waals surface area contributed by atoms with Gasteiger partial charge >= 0.3 is 0 Å². The van der Waals surface area contributed by atoms with Gasteiger partial charge in [-0.3, -0.25) is 14.6 Å². The van der Waals surface area contributed by atoms with Gasteiger partial charge in [0.1, 0.15) is 0 Å². The van der Waals surface area contributed by atoms with E-state index < -0.39 is 0 Å². The maximum absolute atomic E-state index is 12.2. The molecule has 1 aromatic heterocycles. The van der Waals surface area contributed by atoms with Crippen LogP contribution in [-0.2, 0) is 17.8 Å². The number of thiophene rings is 1. The Morgan fingerprint density at radius 3 is 2.42 bits per heavy atom. The summed E-state index contributed by atoms with van der Waals surface area (Å²) in [6.07, 6.45) is 1.02. The lowest BCUT2D eigenvalue weighted by atomic mass is 10.1. The smallest absolute Gasteiger partial charge is 0.238 e. The molecule has 3 rings (SSSR count). The van der Waals surface area contributed by atoms with E-state index in [0.717, 1.165) is 44.8 Å². The van der Waals surface area contributed by atoms with Gasteiger partial charge in [-0.05, 0) is 35.6 Å². The van der Waals surface area contributed by atoms with Crippen molar-refractivity contribution in [2.24, 2.45) is 0 Å². The van der Waals surface area contributed by atoms with Gasteiger partial charge in [0.25, 0.3) is 0 Å². The van der Waals surface area contributed by atoms with Gasteiger partial charge in [0.2, 0.25) is 5.91 Å². The molecule has 2 aromatic rings. The fourth-order valence-corrected chi connectivity index (χ4v) is 3.70. The van der Waals surface area contributed by atoms with Crippen LogP contribution in [0.5, 0.6) is 0 Å². The van der Waals surface area contributed by atoms with Gasteiger partial charge in [-0.1, -0.05) is 25.1 Å². The van der Waals surface area contributed by atoms with E-state index >= 15 is 0 Å². The third kappa shape index (κ3) is 4.90. The van der Waals surface area contributed by atoms with Crippen LogP contribution in [0.1, 0.15) is 17.4 Å².